The lowest BCUT2D eigenvalue weighted by Crippen LogP contribution is -2.39. The second-order valence-corrected chi connectivity index (χ2v) is 4.79. The highest BCUT2D eigenvalue weighted by atomic mass is 79.9. The van der Waals surface area contributed by atoms with E-state index in [1.807, 2.05) is 0 Å². The Labute approximate surface area is 103 Å². The van der Waals surface area contributed by atoms with Crippen LogP contribution in [0.5, 0.6) is 0 Å². The van der Waals surface area contributed by atoms with Crippen molar-refractivity contribution in [3.05, 3.63) is 20.8 Å². The lowest BCUT2D eigenvalue weighted by Gasteiger charge is -2.26. The van der Waals surface area contributed by atoms with Gasteiger partial charge in [-0.2, -0.15) is 0 Å². The van der Waals surface area contributed by atoms with Gasteiger partial charge in [-0.3, -0.25) is 4.79 Å². The molecule has 1 spiro atoms. The summed E-state index contributed by atoms with van der Waals surface area (Å²) in [5.74, 6) is 0.293. The number of nitrogens with zero attached hydrogens (tertiary/aromatic N) is 1. The summed E-state index contributed by atoms with van der Waals surface area (Å²) in [4.78, 5) is 17.1. The van der Waals surface area contributed by atoms with Gasteiger partial charge in [-0.15, -0.1) is 0 Å². The lowest BCUT2D eigenvalue weighted by molar-refractivity contribution is -0.131. The fourth-order valence-corrected chi connectivity index (χ4v) is 3.18. The van der Waals surface area contributed by atoms with Gasteiger partial charge >= 0.3 is 0 Å². The molecule has 0 aromatic rings. The summed E-state index contributed by atoms with van der Waals surface area (Å²) < 4.78 is 6.14. The van der Waals surface area contributed by atoms with E-state index in [0.717, 1.165) is 0 Å². The Bertz CT molecular complexity index is 404. The molecule has 0 radical (unpaired) electrons. The SMILES string of the molecule is COC1=C(Br)C(=O)[C@]2(C=C1Br)CC=NO2. The minimum Gasteiger partial charge on any atom is -0.494 e. The van der Waals surface area contributed by atoms with Crippen LogP contribution < -0.4 is 0 Å². The lowest BCUT2D eigenvalue weighted by atomic mass is 9.91. The normalized spacial score (nSPS) is 29.5. The molecule has 0 fully saturated rings. The van der Waals surface area contributed by atoms with Crippen LogP contribution in [0.2, 0.25) is 0 Å². The van der Waals surface area contributed by atoms with Crippen molar-refractivity contribution in [2.75, 3.05) is 7.11 Å². The molecular formula is C9H7Br2NO3. The summed E-state index contributed by atoms with van der Waals surface area (Å²) in [6.07, 6.45) is 3.69. The molecule has 4 nitrogen and oxygen atoms in total. The molecule has 0 bridgehead atoms. The Morgan fingerprint density at radius 1 is 1.60 bits per heavy atom. The summed E-state index contributed by atoms with van der Waals surface area (Å²) >= 11 is 6.53. The number of hydrogen-bond acceptors (Lipinski definition) is 4. The summed E-state index contributed by atoms with van der Waals surface area (Å²) in [7, 11) is 1.50. The third kappa shape index (κ3) is 1.56. The van der Waals surface area contributed by atoms with E-state index in [2.05, 4.69) is 37.0 Å². The first-order valence-corrected chi connectivity index (χ1v) is 5.76. The van der Waals surface area contributed by atoms with Gasteiger partial charge in [0.1, 0.15) is 4.48 Å². The summed E-state index contributed by atoms with van der Waals surface area (Å²) in [6.45, 7) is 0. The number of rotatable bonds is 1. The van der Waals surface area contributed by atoms with Crippen molar-refractivity contribution < 1.29 is 14.4 Å². The second-order valence-electron chi connectivity index (χ2n) is 3.14. The minimum atomic E-state index is -1.00. The van der Waals surface area contributed by atoms with Crippen LogP contribution in [0.15, 0.2) is 26.0 Å². The Balaban J connectivity index is 2.45. The van der Waals surface area contributed by atoms with Crippen LogP contribution >= 0.6 is 31.9 Å². The molecule has 2 rings (SSSR count). The molecule has 6 heteroatoms. The molecular weight excluding hydrogens is 330 g/mol. The molecule has 0 amide bonds. The van der Waals surface area contributed by atoms with Crippen LogP contribution in [-0.2, 0) is 14.4 Å². The maximum atomic E-state index is 12.0. The minimum absolute atomic E-state index is 0.181. The van der Waals surface area contributed by atoms with Gasteiger partial charge in [0.15, 0.2) is 5.76 Å². The van der Waals surface area contributed by atoms with E-state index in [0.29, 0.717) is 21.1 Å². The van der Waals surface area contributed by atoms with Gasteiger partial charge in [0.05, 0.1) is 11.6 Å². The van der Waals surface area contributed by atoms with Crippen LogP contribution in [0, 0.1) is 0 Å². The second kappa shape index (κ2) is 3.75. The standard InChI is InChI=1S/C9H7Br2NO3/c1-14-7-5(10)4-9(2-3-12-15-9)8(13)6(7)11/h3-4H,2H2,1H3/t9-/m1/s1. The highest BCUT2D eigenvalue weighted by Crippen LogP contribution is 2.40. The molecule has 0 aromatic heterocycles. The molecule has 1 atom stereocenters. The van der Waals surface area contributed by atoms with E-state index < -0.39 is 5.60 Å². The largest absolute Gasteiger partial charge is 0.494 e. The first-order valence-electron chi connectivity index (χ1n) is 4.18. The van der Waals surface area contributed by atoms with Gasteiger partial charge < -0.3 is 9.57 Å². The van der Waals surface area contributed by atoms with Gasteiger partial charge in [-0.05, 0) is 37.9 Å². The number of methoxy groups -OCH3 is 1. The van der Waals surface area contributed by atoms with Crippen molar-refractivity contribution in [2.45, 2.75) is 12.0 Å². The van der Waals surface area contributed by atoms with Crippen LogP contribution in [-0.4, -0.2) is 24.7 Å². The average Bonchev–Trinajstić information content (AvgIpc) is 2.65. The number of hydrogen-bond donors (Lipinski definition) is 0. The fourth-order valence-electron chi connectivity index (χ4n) is 1.48. The van der Waals surface area contributed by atoms with Gasteiger partial charge in [-0.1, -0.05) is 5.16 Å². The van der Waals surface area contributed by atoms with Crippen LogP contribution in [0.3, 0.4) is 0 Å². The van der Waals surface area contributed by atoms with Gasteiger partial charge in [-0.25, -0.2) is 0 Å². The van der Waals surface area contributed by atoms with E-state index in [1.165, 1.54) is 7.11 Å². The molecule has 80 valence electrons. The van der Waals surface area contributed by atoms with Gasteiger partial charge in [0.2, 0.25) is 11.4 Å². The smallest absolute Gasteiger partial charge is 0.225 e. The van der Waals surface area contributed by atoms with Crippen molar-refractivity contribution in [1.82, 2.24) is 0 Å². The third-order valence-corrected chi connectivity index (χ3v) is 3.56. The molecule has 0 aromatic carbocycles. The Kier molecular flexibility index (Phi) is 2.72. The van der Waals surface area contributed by atoms with Crippen molar-refractivity contribution in [2.24, 2.45) is 5.16 Å². The highest BCUT2D eigenvalue weighted by Gasteiger charge is 2.47. The number of oxime groups is 1. The molecule has 1 heterocycles. The first-order chi connectivity index (χ1) is 7.10. The molecule has 15 heavy (non-hydrogen) atoms. The highest BCUT2D eigenvalue weighted by molar-refractivity contribution is 9.12. The predicted molar refractivity (Wildman–Crippen MR) is 61.9 cm³/mol. The zero-order valence-corrected chi connectivity index (χ0v) is 11.0. The molecule has 0 saturated heterocycles. The third-order valence-electron chi connectivity index (χ3n) is 2.25. The monoisotopic (exact) mass is 335 g/mol. The molecule has 0 N–H and O–H groups in total. The average molecular weight is 337 g/mol. The molecule has 1 aliphatic carbocycles. The van der Waals surface area contributed by atoms with Crippen molar-refractivity contribution in [1.29, 1.82) is 0 Å². The topological polar surface area (TPSA) is 47.9 Å². The van der Waals surface area contributed by atoms with E-state index in [4.69, 9.17) is 9.57 Å². The van der Waals surface area contributed by atoms with Gasteiger partial charge in [0, 0.05) is 12.6 Å². The molecule has 0 saturated carbocycles. The summed E-state index contributed by atoms with van der Waals surface area (Å²) in [5.41, 5.74) is -1.00. The van der Waals surface area contributed by atoms with Crippen molar-refractivity contribution >= 4 is 43.9 Å². The predicted octanol–water partition coefficient (Wildman–Crippen LogP) is 2.25. The molecule has 0 unspecified atom stereocenters. The molecule has 1 aliphatic heterocycles. The van der Waals surface area contributed by atoms with Crippen LogP contribution in [0.1, 0.15) is 6.42 Å². The Morgan fingerprint density at radius 2 is 2.33 bits per heavy atom. The number of ketones is 1. The Hall–Kier alpha value is -0.620. The summed E-state index contributed by atoms with van der Waals surface area (Å²) in [6, 6.07) is 0. The van der Waals surface area contributed by atoms with E-state index in [1.54, 1.807) is 12.3 Å². The first kappa shape index (κ1) is 10.9. The quantitative estimate of drug-likeness (QED) is 0.737. The number of carbonyl (C=O) groups excluding carboxylic acids is 1. The maximum absolute atomic E-state index is 12.0. The summed E-state index contributed by atoms with van der Waals surface area (Å²) in [5, 5.41) is 3.63. The number of ether oxygens (including phenoxy) is 1. The number of Topliss-reactive ketones (excluding diaryl/α,β-unsaturated/α-hetero) is 1. The van der Waals surface area contributed by atoms with Gasteiger partial charge in [0.25, 0.3) is 0 Å². The van der Waals surface area contributed by atoms with Crippen LogP contribution in [0.25, 0.3) is 0 Å². The van der Waals surface area contributed by atoms with E-state index in [-0.39, 0.29) is 5.78 Å². The van der Waals surface area contributed by atoms with E-state index in [9.17, 15) is 4.79 Å². The Morgan fingerprint density at radius 3 is 2.87 bits per heavy atom. The number of halogens is 2. The van der Waals surface area contributed by atoms with Crippen LogP contribution in [0.4, 0.5) is 0 Å². The fraction of sp³-hybridized carbons (Fsp3) is 0.333. The number of allylic oxidation sites excluding steroid dienone is 1. The molecule has 2 aliphatic rings. The zero-order valence-electron chi connectivity index (χ0n) is 7.79. The van der Waals surface area contributed by atoms with Crippen molar-refractivity contribution in [3.63, 3.8) is 0 Å². The zero-order chi connectivity index (χ0) is 11.1. The maximum Gasteiger partial charge on any atom is 0.225 e. The van der Waals surface area contributed by atoms with Crippen molar-refractivity contribution in [3.8, 4) is 0 Å². The number of carbonyl (C=O) groups is 1. The van der Waals surface area contributed by atoms with E-state index >= 15 is 0 Å².